The van der Waals surface area contributed by atoms with E-state index in [1.165, 1.54) is 0 Å². The van der Waals surface area contributed by atoms with E-state index < -0.39 is 0 Å². The fourth-order valence-corrected chi connectivity index (χ4v) is 2.15. The molecule has 0 aliphatic heterocycles. The molecular weight excluding hydrogens is 371 g/mol. The lowest BCUT2D eigenvalue weighted by atomic mass is 10.3. The maximum absolute atomic E-state index is 12.0. The molecule has 0 N–H and O–H groups in total. The average molecular weight is 386 g/mol. The number of hydrogen-bond donors (Lipinski definition) is 0. The number of ether oxygens (including phenoxy) is 2. The monoisotopic (exact) mass is 386 g/mol. The maximum atomic E-state index is 12.0. The number of halogens is 1. The first-order chi connectivity index (χ1) is 9.63. The zero-order valence-corrected chi connectivity index (χ0v) is 13.5. The van der Waals surface area contributed by atoms with Crippen LogP contribution in [0, 0.1) is 10.5 Å². The molecule has 0 unspecified atom stereocenters. The highest BCUT2D eigenvalue weighted by Gasteiger charge is 2.06. The third-order valence-electron chi connectivity index (χ3n) is 2.82. The van der Waals surface area contributed by atoms with Crippen molar-refractivity contribution in [1.29, 1.82) is 0 Å². The lowest BCUT2D eigenvalue weighted by Crippen LogP contribution is -2.26. The maximum Gasteiger partial charge on any atom is 0.267 e. The molecule has 1 aromatic carbocycles. The fraction of sp³-hybridized carbons (Fsp3) is 0.286. The number of methoxy groups -OCH3 is 1. The number of aryl methyl sites for hydroxylation is 1. The van der Waals surface area contributed by atoms with Crippen LogP contribution in [-0.2, 0) is 6.54 Å². The van der Waals surface area contributed by atoms with Crippen LogP contribution in [0.5, 0.6) is 11.5 Å². The SMILES string of the molecule is COc1ccccc1OCCn1cnc(C)c(I)c1=O. The zero-order valence-electron chi connectivity index (χ0n) is 11.3. The van der Waals surface area contributed by atoms with Crippen molar-refractivity contribution in [2.45, 2.75) is 13.5 Å². The zero-order chi connectivity index (χ0) is 14.5. The van der Waals surface area contributed by atoms with Crippen LogP contribution in [0.3, 0.4) is 0 Å². The number of nitrogens with zero attached hydrogens (tertiary/aromatic N) is 2. The summed E-state index contributed by atoms with van der Waals surface area (Å²) in [6, 6.07) is 7.42. The Balaban J connectivity index is 2.03. The van der Waals surface area contributed by atoms with E-state index in [-0.39, 0.29) is 5.56 Å². The van der Waals surface area contributed by atoms with Crippen molar-refractivity contribution in [3.8, 4) is 11.5 Å². The van der Waals surface area contributed by atoms with Gasteiger partial charge in [0.05, 0.1) is 29.2 Å². The van der Waals surface area contributed by atoms with Crippen LogP contribution in [0.15, 0.2) is 35.4 Å². The fourth-order valence-electron chi connectivity index (χ4n) is 1.70. The standard InChI is InChI=1S/C14H15IN2O3/c1-10-13(15)14(18)17(9-16-10)7-8-20-12-6-4-3-5-11(12)19-2/h3-6,9H,7-8H2,1-2H3. The van der Waals surface area contributed by atoms with E-state index in [0.717, 1.165) is 5.69 Å². The second-order valence-corrected chi connectivity index (χ2v) is 5.22. The Bertz CT molecular complexity index is 655. The second kappa shape index (κ2) is 6.74. The van der Waals surface area contributed by atoms with E-state index >= 15 is 0 Å². The van der Waals surface area contributed by atoms with Gasteiger partial charge in [0.25, 0.3) is 5.56 Å². The predicted molar refractivity (Wildman–Crippen MR) is 84.4 cm³/mol. The number of benzene rings is 1. The Hall–Kier alpha value is -1.57. The molecule has 106 valence electrons. The second-order valence-electron chi connectivity index (χ2n) is 4.14. The topological polar surface area (TPSA) is 53.4 Å². The largest absolute Gasteiger partial charge is 0.493 e. The van der Waals surface area contributed by atoms with Crippen LogP contribution >= 0.6 is 22.6 Å². The van der Waals surface area contributed by atoms with Crippen LogP contribution in [0.1, 0.15) is 5.69 Å². The first-order valence-electron chi connectivity index (χ1n) is 6.11. The van der Waals surface area contributed by atoms with E-state index in [1.54, 1.807) is 18.0 Å². The van der Waals surface area contributed by atoms with Crippen molar-refractivity contribution >= 4 is 22.6 Å². The molecule has 20 heavy (non-hydrogen) atoms. The van der Waals surface area contributed by atoms with Crippen molar-refractivity contribution in [2.75, 3.05) is 13.7 Å². The molecule has 1 heterocycles. The lowest BCUT2D eigenvalue weighted by molar-refractivity contribution is 0.277. The molecule has 0 amide bonds. The highest BCUT2D eigenvalue weighted by Crippen LogP contribution is 2.25. The van der Waals surface area contributed by atoms with E-state index in [0.29, 0.717) is 28.2 Å². The lowest BCUT2D eigenvalue weighted by Gasteiger charge is -2.11. The first kappa shape index (κ1) is 14.8. The molecule has 0 saturated carbocycles. The summed E-state index contributed by atoms with van der Waals surface area (Å²) in [5.41, 5.74) is 0.708. The number of rotatable bonds is 5. The van der Waals surface area contributed by atoms with Gasteiger partial charge in [-0.25, -0.2) is 4.98 Å². The molecule has 1 aromatic heterocycles. The first-order valence-corrected chi connectivity index (χ1v) is 7.18. The van der Waals surface area contributed by atoms with Gasteiger partial charge in [-0.05, 0) is 41.6 Å². The Labute approximate surface area is 130 Å². The van der Waals surface area contributed by atoms with Crippen molar-refractivity contribution in [3.63, 3.8) is 0 Å². The highest BCUT2D eigenvalue weighted by atomic mass is 127. The Kier molecular flexibility index (Phi) is 4.99. The number of aromatic nitrogens is 2. The minimum absolute atomic E-state index is 0.0401. The van der Waals surface area contributed by atoms with Crippen LogP contribution in [0.4, 0.5) is 0 Å². The normalized spacial score (nSPS) is 10.3. The molecule has 0 fully saturated rings. The van der Waals surface area contributed by atoms with Gasteiger partial charge in [0, 0.05) is 0 Å². The molecule has 0 radical (unpaired) electrons. The molecule has 5 nitrogen and oxygen atoms in total. The number of hydrogen-bond acceptors (Lipinski definition) is 4. The summed E-state index contributed by atoms with van der Waals surface area (Å²) in [6.45, 7) is 2.64. The van der Waals surface area contributed by atoms with Crippen LogP contribution in [0.2, 0.25) is 0 Å². The third kappa shape index (κ3) is 3.30. The summed E-state index contributed by atoms with van der Waals surface area (Å²) in [6.07, 6.45) is 1.55. The Morgan fingerprint density at radius 3 is 2.70 bits per heavy atom. The van der Waals surface area contributed by atoms with E-state index in [4.69, 9.17) is 9.47 Å². The molecule has 0 saturated heterocycles. The van der Waals surface area contributed by atoms with Gasteiger partial charge in [-0.3, -0.25) is 9.36 Å². The summed E-state index contributed by atoms with van der Waals surface area (Å²) in [5, 5.41) is 0. The van der Waals surface area contributed by atoms with Crippen molar-refractivity contribution < 1.29 is 9.47 Å². The van der Waals surface area contributed by atoms with Crippen molar-refractivity contribution in [1.82, 2.24) is 9.55 Å². The molecule has 2 aromatic rings. The van der Waals surface area contributed by atoms with E-state index in [1.807, 2.05) is 53.8 Å². The van der Waals surface area contributed by atoms with Crippen LogP contribution < -0.4 is 15.0 Å². The molecule has 0 aliphatic rings. The summed E-state index contributed by atoms with van der Waals surface area (Å²) >= 11 is 2.01. The van der Waals surface area contributed by atoms with Gasteiger partial charge < -0.3 is 9.47 Å². The number of para-hydroxylation sites is 2. The van der Waals surface area contributed by atoms with Crippen LogP contribution in [-0.4, -0.2) is 23.3 Å². The molecule has 0 atom stereocenters. The summed E-state index contributed by atoms with van der Waals surface area (Å²) in [4.78, 5) is 16.2. The van der Waals surface area contributed by atoms with Gasteiger partial charge in [0.2, 0.25) is 0 Å². The van der Waals surface area contributed by atoms with Gasteiger partial charge in [-0.1, -0.05) is 12.1 Å². The molecule has 0 aliphatic carbocycles. The molecular formula is C14H15IN2O3. The smallest absolute Gasteiger partial charge is 0.267 e. The molecule has 2 rings (SSSR count). The predicted octanol–water partition coefficient (Wildman–Crippen LogP) is 2.24. The van der Waals surface area contributed by atoms with Gasteiger partial charge in [-0.15, -0.1) is 0 Å². The van der Waals surface area contributed by atoms with Crippen LogP contribution in [0.25, 0.3) is 0 Å². The van der Waals surface area contributed by atoms with E-state index in [2.05, 4.69) is 4.98 Å². The highest BCUT2D eigenvalue weighted by molar-refractivity contribution is 14.1. The summed E-state index contributed by atoms with van der Waals surface area (Å²) in [7, 11) is 1.60. The Morgan fingerprint density at radius 1 is 1.30 bits per heavy atom. The van der Waals surface area contributed by atoms with Gasteiger partial charge >= 0.3 is 0 Å². The van der Waals surface area contributed by atoms with Gasteiger partial charge in [-0.2, -0.15) is 0 Å². The quantitative estimate of drug-likeness (QED) is 0.740. The van der Waals surface area contributed by atoms with Gasteiger partial charge in [0.15, 0.2) is 11.5 Å². The third-order valence-corrected chi connectivity index (χ3v) is 4.06. The minimum Gasteiger partial charge on any atom is -0.493 e. The molecule has 0 bridgehead atoms. The summed E-state index contributed by atoms with van der Waals surface area (Å²) < 4.78 is 13.0. The van der Waals surface area contributed by atoms with Crippen molar-refractivity contribution in [3.05, 3.63) is 50.2 Å². The molecule has 6 heteroatoms. The summed E-state index contributed by atoms with van der Waals surface area (Å²) in [5.74, 6) is 1.34. The van der Waals surface area contributed by atoms with Gasteiger partial charge in [0.1, 0.15) is 6.61 Å². The minimum atomic E-state index is -0.0401. The van der Waals surface area contributed by atoms with Crippen molar-refractivity contribution in [2.24, 2.45) is 0 Å². The Morgan fingerprint density at radius 2 is 2.00 bits per heavy atom. The van der Waals surface area contributed by atoms with E-state index in [9.17, 15) is 4.79 Å². The average Bonchev–Trinajstić information content (AvgIpc) is 2.47. The molecule has 0 spiro atoms.